The van der Waals surface area contributed by atoms with E-state index < -0.39 is 0 Å². The largest absolute Gasteiger partial charge is 0.356 e. The maximum absolute atomic E-state index is 12.5. The van der Waals surface area contributed by atoms with E-state index in [4.69, 9.17) is 11.6 Å². The molecule has 1 saturated heterocycles. The first kappa shape index (κ1) is 21.9. The summed E-state index contributed by atoms with van der Waals surface area (Å²) in [5, 5.41) is 3.93. The highest BCUT2D eigenvalue weighted by Gasteiger charge is 2.24. The van der Waals surface area contributed by atoms with E-state index in [1.807, 2.05) is 18.2 Å². The Labute approximate surface area is 180 Å². The van der Waals surface area contributed by atoms with E-state index in [0.29, 0.717) is 5.92 Å². The van der Waals surface area contributed by atoms with E-state index >= 15 is 0 Å². The first-order valence-electron chi connectivity index (χ1n) is 10.8. The second-order valence-corrected chi connectivity index (χ2v) is 8.91. The second-order valence-electron chi connectivity index (χ2n) is 8.47. The molecule has 4 heteroatoms. The monoisotopic (exact) mass is 412 g/mol. The van der Waals surface area contributed by atoms with Gasteiger partial charge in [0.1, 0.15) is 0 Å². The first-order chi connectivity index (χ1) is 14.0. The molecular weight excluding hydrogens is 380 g/mol. The molecule has 0 unspecified atom stereocenters. The smallest absolute Gasteiger partial charge is 0.223 e. The number of aryl methyl sites for hydroxylation is 1. The van der Waals surface area contributed by atoms with Crippen LogP contribution < -0.4 is 5.32 Å². The van der Waals surface area contributed by atoms with Crippen molar-refractivity contribution in [2.75, 3.05) is 19.6 Å². The number of carbonyl (C=O) groups excluding carboxylic acids is 1. The van der Waals surface area contributed by atoms with Crippen LogP contribution in [0.15, 0.2) is 48.5 Å². The molecule has 0 atom stereocenters. The maximum Gasteiger partial charge on any atom is 0.223 e. The molecule has 3 rings (SSSR count). The van der Waals surface area contributed by atoms with Gasteiger partial charge < -0.3 is 5.32 Å². The number of hydrogen-bond acceptors (Lipinski definition) is 2. The number of rotatable bonds is 8. The zero-order valence-corrected chi connectivity index (χ0v) is 18.4. The molecule has 1 amide bonds. The van der Waals surface area contributed by atoms with Crippen LogP contribution in [0.25, 0.3) is 0 Å². The molecule has 2 aromatic carbocycles. The van der Waals surface area contributed by atoms with Crippen molar-refractivity contribution in [3.8, 4) is 0 Å². The number of likely N-dealkylation sites (tertiary alicyclic amines) is 1. The Kier molecular flexibility index (Phi) is 8.14. The molecule has 0 aromatic heterocycles. The van der Waals surface area contributed by atoms with Gasteiger partial charge in [0.2, 0.25) is 5.91 Å². The zero-order chi connectivity index (χ0) is 20.6. The van der Waals surface area contributed by atoms with Gasteiger partial charge in [-0.3, -0.25) is 9.69 Å². The average Bonchev–Trinajstić information content (AvgIpc) is 2.72. The summed E-state index contributed by atoms with van der Waals surface area (Å²) in [5.74, 6) is 0.943. The molecule has 2 aromatic rings. The van der Waals surface area contributed by atoms with Gasteiger partial charge in [-0.2, -0.15) is 0 Å². The minimum atomic E-state index is 0.149. The molecule has 0 saturated carbocycles. The van der Waals surface area contributed by atoms with Crippen LogP contribution in [0.1, 0.15) is 55.7 Å². The summed E-state index contributed by atoms with van der Waals surface area (Å²) in [4.78, 5) is 14.9. The van der Waals surface area contributed by atoms with Crippen LogP contribution in [0.5, 0.6) is 0 Å². The van der Waals surface area contributed by atoms with Crippen molar-refractivity contribution in [1.82, 2.24) is 10.2 Å². The molecule has 1 aliphatic heterocycles. The third-order valence-corrected chi connectivity index (χ3v) is 6.08. The van der Waals surface area contributed by atoms with E-state index in [2.05, 4.69) is 54.4 Å². The minimum absolute atomic E-state index is 0.149. The van der Waals surface area contributed by atoms with Crippen LogP contribution in [-0.2, 0) is 17.8 Å². The van der Waals surface area contributed by atoms with Crippen molar-refractivity contribution in [3.05, 3.63) is 70.2 Å². The Bertz CT molecular complexity index is 780. The minimum Gasteiger partial charge on any atom is -0.356 e. The third kappa shape index (κ3) is 6.87. The van der Waals surface area contributed by atoms with Crippen molar-refractivity contribution in [1.29, 1.82) is 0 Å². The van der Waals surface area contributed by atoms with E-state index in [0.717, 1.165) is 56.9 Å². The van der Waals surface area contributed by atoms with E-state index in [1.54, 1.807) is 0 Å². The Hall–Kier alpha value is -1.84. The van der Waals surface area contributed by atoms with Crippen LogP contribution in [0.4, 0.5) is 0 Å². The SMILES string of the molecule is CC(C)c1ccc(CCCNC(=O)C2CCN(Cc3cccc(Cl)c3)CC2)cc1. The molecule has 0 aliphatic carbocycles. The Morgan fingerprint density at radius 3 is 2.48 bits per heavy atom. The van der Waals surface area contributed by atoms with Gasteiger partial charge in [0.15, 0.2) is 0 Å². The van der Waals surface area contributed by atoms with Crippen molar-refractivity contribution in [2.24, 2.45) is 5.92 Å². The summed E-state index contributed by atoms with van der Waals surface area (Å²) in [6.45, 7) is 8.02. The normalized spacial score (nSPS) is 15.6. The zero-order valence-electron chi connectivity index (χ0n) is 17.7. The van der Waals surface area contributed by atoms with Crippen molar-refractivity contribution in [2.45, 2.75) is 52.0 Å². The fourth-order valence-corrected chi connectivity index (χ4v) is 4.18. The third-order valence-electron chi connectivity index (χ3n) is 5.84. The number of halogens is 1. The van der Waals surface area contributed by atoms with Crippen LogP contribution in [0.3, 0.4) is 0 Å². The summed E-state index contributed by atoms with van der Waals surface area (Å²) in [6.07, 6.45) is 3.86. The molecule has 0 bridgehead atoms. The molecule has 0 spiro atoms. The molecule has 3 nitrogen and oxygen atoms in total. The topological polar surface area (TPSA) is 32.3 Å². The lowest BCUT2D eigenvalue weighted by molar-refractivity contribution is -0.126. The quantitative estimate of drug-likeness (QED) is 0.586. The van der Waals surface area contributed by atoms with Crippen LogP contribution in [0.2, 0.25) is 5.02 Å². The van der Waals surface area contributed by atoms with Crippen LogP contribution in [0, 0.1) is 5.92 Å². The van der Waals surface area contributed by atoms with Crippen LogP contribution in [-0.4, -0.2) is 30.4 Å². The van der Waals surface area contributed by atoms with Gasteiger partial charge in [0.05, 0.1) is 0 Å². The van der Waals surface area contributed by atoms with Gasteiger partial charge in [0, 0.05) is 24.0 Å². The Balaban J connectivity index is 1.33. The van der Waals surface area contributed by atoms with Crippen molar-refractivity contribution in [3.63, 3.8) is 0 Å². The number of benzene rings is 2. The van der Waals surface area contributed by atoms with Gasteiger partial charge in [-0.25, -0.2) is 0 Å². The second kappa shape index (κ2) is 10.8. The lowest BCUT2D eigenvalue weighted by Gasteiger charge is -2.31. The molecule has 1 aliphatic rings. The average molecular weight is 413 g/mol. The number of nitrogens with one attached hydrogen (secondary N) is 1. The van der Waals surface area contributed by atoms with Gasteiger partial charge in [-0.05, 0) is 73.5 Å². The molecule has 1 heterocycles. The molecule has 0 radical (unpaired) electrons. The standard InChI is InChI=1S/C25H33ClN2O/c1-19(2)22-10-8-20(9-11-22)6-4-14-27-25(29)23-12-15-28(16-13-23)18-21-5-3-7-24(26)17-21/h3,5,7-11,17,19,23H,4,6,12-16,18H2,1-2H3,(H,27,29). The fourth-order valence-electron chi connectivity index (χ4n) is 3.96. The van der Waals surface area contributed by atoms with Crippen molar-refractivity contribution >= 4 is 17.5 Å². The highest BCUT2D eigenvalue weighted by Crippen LogP contribution is 2.20. The van der Waals surface area contributed by atoms with Gasteiger partial charge >= 0.3 is 0 Å². The highest BCUT2D eigenvalue weighted by atomic mass is 35.5. The summed E-state index contributed by atoms with van der Waals surface area (Å²) in [7, 11) is 0. The number of nitrogens with zero attached hydrogens (tertiary/aromatic N) is 1. The predicted octanol–water partition coefficient (Wildman–Crippen LogP) is 5.42. The summed E-state index contributed by atoms with van der Waals surface area (Å²) in [6, 6.07) is 16.9. The maximum atomic E-state index is 12.5. The number of piperidine rings is 1. The molecular formula is C25H33ClN2O. The van der Waals surface area contributed by atoms with E-state index in [1.165, 1.54) is 16.7 Å². The molecule has 29 heavy (non-hydrogen) atoms. The van der Waals surface area contributed by atoms with E-state index in [-0.39, 0.29) is 11.8 Å². The van der Waals surface area contributed by atoms with Gasteiger partial charge in [-0.15, -0.1) is 0 Å². The molecule has 1 fully saturated rings. The number of hydrogen-bond donors (Lipinski definition) is 1. The summed E-state index contributed by atoms with van der Waals surface area (Å²) < 4.78 is 0. The fraction of sp³-hybridized carbons (Fsp3) is 0.480. The molecule has 156 valence electrons. The van der Waals surface area contributed by atoms with Gasteiger partial charge in [0.25, 0.3) is 0 Å². The Morgan fingerprint density at radius 2 is 1.83 bits per heavy atom. The highest BCUT2D eigenvalue weighted by molar-refractivity contribution is 6.30. The van der Waals surface area contributed by atoms with E-state index in [9.17, 15) is 4.79 Å². The lowest BCUT2D eigenvalue weighted by atomic mass is 9.95. The summed E-state index contributed by atoms with van der Waals surface area (Å²) >= 11 is 6.07. The predicted molar refractivity (Wildman–Crippen MR) is 121 cm³/mol. The lowest BCUT2D eigenvalue weighted by Crippen LogP contribution is -2.40. The number of amides is 1. The van der Waals surface area contributed by atoms with Gasteiger partial charge in [-0.1, -0.05) is 61.8 Å². The van der Waals surface area contributed by atoms with Crippen LogP contribution >= 0.6 is 11.6 Å². The number of carbonyl (C=O) groups is 1. The summed E-state index contributed by atoms with van der Waals surface area (Å²) in [5.41, 5.74) is 3.96. The Morgan fingerprint density at radius 1 is 1.10 bits per heavy atom. The first-order valence-corrected chi connectivity index (χ1v) is 11.2. The van der Waals surface area contributed by atoms with Crippen molar-refractivity contribution < 1.29 is 4.79 Å². The molecule has 1 N–H and O–H groups in total.